The van der Waals surface area contributed by atoms with E-state index in [1.807, 2.05) is 35.8 Å². The minimum atomic E-state index is -4.35. The number of allylic oxidation sites excluding steroid dienone is 1. The van der Waals surface area contributed by atoms with Gasteiger partial charge in [-0.25, -0.2) is 4.79 Å². The predicted octanol–water partition coefficient (Wildman–Crippen LogP) is 5.41. The van der Waals surface area contributed by atoms with Gasteiger partial charge in [-0.3, -0.25) is 0 Å². The van der Waals surface area contributed by atoms with Crippen LogP contribution in [0.15, 0.2) is 59.8 Å². The van der Waals surface area contributed by atoms with E-state index in [0.717, 1.165) is 59.0 Å². The van der Waals surface area contributed by atoms with Crippen LogP contribution in [0.2, 0.25) is 0 Å². The number of ether oxygens (including phenoxy) is 1. The van der Waals surface area contributed by atoms with Crippen LogP contribution in [0.25, 0.3) is 11.1 Å². The lowest BCUT2D eigenvalue weighted by atomic mass is 10.0. The van der Waals surface area contributed by atoms with E-state index >= 15 is 0 Å². The summed E-state index contributed by atoms with van der Waals surface area (Å²) >= 11 is 0. The SMILES string of the molecule is CCOC(=O)C1=C(NCc2nnc(C)n2Cc2ccc(-c3ccc(C(F)(F)F)cc3)cc2)CCC1. The summed E-state index contributed by atoms with van der Waals surface area (Å²) < 4.78 is 45.6. The van der Waals surface area contributed by atoms with Crippen LogP contribution >= 0.6 is 0 Å². The van der Waals surface area contributed by atoms with Gasteiger partial charge in [-0.05, 0) is 61.9 Å². The molecule has 0 amide bonds. The lowest BCUT2D eigenvalue weighted by molar-refractivity contribution is -0.139. The summed E-state index contributed by atoms with van der Waals surface area (Å²) in [5, 5.41) is 11.8. The van der Waals surface area contributed by atoms with E-state index in [9.17, 15) is 18.0 Å². The molecule has 0 saturated carbocycles. The Bertz CT molecular complexity index is 1210. The minimum absolute atomic E-state index is 0.265. The predicted molar refractivity (Wildman–Crippen MR) is 125 cm³/mol. The summed E-state index contributed by atoms with van der Waals surface area (Å²) in [5.74, 6) is 1.25. The maximum Gasteiger partial charge on any atom is 0.416 e. The molecule has 0 aliphatic heterocycles. The van der Waals surface area contributed by atoms with E-state index in [2.05, 4.69) is 15.5 Å². The first-order chi connectivity index (χ1) is 16.8. The number of benzene rings is 2. The Kier molecular flexibility index (Phi) is 7.23. The van der Waals surface area contributed by atoms with E-state index < -0.39 is 11.7 Å². The third-order valence-corrected chi connectivity index (χ3v) is 6.05. The number of carbonyl (C=O) groups is 1. The smallest absolute Gasteiger partial charge is 0.416 e. The molecule has 6 nitrogen and oxygen atoms in total. The molecule has 1 N–H and O–H groups in total. The van der Waals surface area contributed by atoms with Gasteiger partial charge in [0.2, 0.25) is 0 Å². The van der Waals surface area contributed by atoms with Crippen molar-refractivity contribution in [2.45, 2.75) is 52.4 Å². The number of rotatable bonds is 8. The summed E-state index contributed by atoms with van der Waals surface area (Å²) in [7, 11) is 0. The van der Waals surface area contributed by atoms with Crippen LogP contribution < -0.4 is 5.32 Å². The molecule has 0 fully saturated rings. The van der Waals surface area contributed by atoms with Crippen molar-refractivity contribution in [1.82, 2.24) is 20.1 Å². The quantitative estimate of drug-likeness (QED) is 0.433. The Morgan fingerprint density at radius 1 is 1.03 bits per heavy atom. The van der Waals surface area contributed by atoms with Gasteiger partial charge < -0.3 is 14.6 Å². The molecule has 2 aromatic carbocycles. The van der Waals surface area contributed by atoms with Gasteiger partial charge in [-0.2, -0.15) is 13.2 Å². The number of halogens is 3. The minimum Gasteiger partial charge on any atom is -0.463 e. The van der Waals surface area contributed by atoms with Crippen molar-refractivity contribution in [3.05, 3.63) is 82.6 Å². The number of esters is 1. The maximum atomic E-state index is 12.8. The van der Waals surface area contributed by atoms with Gasteiger partial charge in [-0.1, -0.05) is 36.4 Å². The highest BCUT2D eigenvalue weighted by molar-refractivity contribution is 5.89. The van der Waals surface area contributed by atoms with Crippen LogP contribution in [0, 0.1) is 6.92 Å². The van der Waals surface area contributed by atoms with Crippen LogP contribution in [-0.4, -0.2) is 27.3 Å². The van der Waals surface area contributed by atoms with Gasteiger partial charge >= 0.3 is 12.1 Å². The highest BCUT2D eigenvalue weighted by Gasteiger charge is 2.30. The van der Waals surface area contributed by atoms with E-state index in [0.29, 0.717) is 31.7 Å². The van der Waals surface area contributed by atoms with Gasteiger partial charge in [0.15, 0.2) is 5.82 Å². The summed E-state index contributed by atoms with van der Waals surface area (Å²) in [6, 6.07) is 12.8. The number of alkyl halides is 3. The Morgan fingerprint density at radius 2 is 1.69 bits per heavy atom. The number of aromatic nitrogens is 3. The molecule has 0 atom stereocenters. The first-order valence-electron chi connectivity index (χ1n) is 11.5. The zero-order chi connectivity index (χ0) is 25.0. The first-order valence-corrected chi connectivity index (χ1v) is 11.5. The number of carbonyl (C=O) groups excluding carboxylic acids is 1. The second-order valence-corrected chi connectivity index (χ2v) is 8.41. The zero-order valence-electron chi connectivity index (χ0n) is 19.7. The Balaban J connectivity index is 1.44. The van der Waals surface area contributed by atoms with Crippen molar-refractivity contribution < 1.29 is 22.7 Å². The Hall–Kier alpha value is -3.62. The van der Waals surface area contributed by atoms with Crippen LogP contribution in [0.5, 0.6) is 0 Å². The van der Waals surface area contributed by atoms with Crippen molar-refractivity contribution in [3.63, 3.8) is 0 Å². The van der Waals surface area contributed by atoms with Crippen LogP contribution in [0.1, 0.15) is 49.0 Å². The molecule has 1 aromatic heterocycles. The average molecular weight is 485 g/mol. The third kappa shape index (κ3) is 5.72. The van der Waals surface area contributed by atoms with Crippen molar-refractivity contribution in [2.75, 3.05) is 6.61 Å². The lowest BCUT2D eigenvalue weighted by Gasteiger charge is -2.13. The Labute approximate surface area is 201 Å². The van der Waals surface area contributed by atoms with Crippen LogP contribution in [-0.2, 0) is 28.8 Å². The molecule has 0 saturated heterocycles. The van der Waals surface area contributed by atoms with E-state index in [4.69, 9.17) is 4.74 Å². The average Bonchev–Trinajstić information content (AvgIpc) is 3.45. The molecular weight excluding hydrogens is 457 g/mol. The topological polar surface area (TPSA) is 69.0 Å². The van der Waals surface area contributed by atoms with Crippen molar-refractivity contribution >= 4 is 5.97 Å². The summed E-state index contributed by atoms with van der Waals surface area (Å²) in [5.41, 5.74) is 3.51. The molecule has 0 spiro atoms. The van der Waals surface area contributed by atoms with Crippen molar-refractivity contribution in [2.24, 2.45) is 0 Å². The standard InChI is InChI=1S/C26H27F3N4O2/c1-3-35-25(34)22-5-4-6-23(22)30-15-24-32-31-17(2)33(24)16-18-7-9-19(10-8-18)20-11-13-21(14-12-20)26(27,28)29/h7-14,30H,3-6,15-16H2,1-2H3. The Morgan fingerprint density at radius 3 is 2.31 bits per heavy atom. The van der Waals surface area contributed by atoms with Gasteiger partial charge in [0.05, 0.1) is 30.8 Å². The third-order valence-electron chi connectivity index (χ3n) is 6.05. The van der Waals surface area contributed by atoms with Crippen LogP contribution in [0.4, 0.5) is 13.2 Å². The molecule has 4 rings (SSSR count). The molecule has 0 radical (unpaired) electrons. The van der Waals surface area contributed by atoms with Gasteiger partial charge in [0.1, 0.15) is 5.82 Å². The summed E-state index contributed by atoms with van der Waals surface area (Å²) in [4.78, 5) is 12.2. The number of nitrogens with zero attached hydrogens (tertiary/aromatic N) is 3. The number of hydrogen-bond donors (Lipinski definition) is 1. The molecule has 184 valence electrons. The molecule has 0 bridgehead atoms. The fourth-order valence-electron chi connectivity index (χ4n) is 4.17. The molecule has 3 aromatic rings. The normalized spacial score (nSPS) is 13.9. The lowest BCUT2D eigenvalue weighted by Crippen LogP contribution is -2.19. The van der Waals surface area contributed by atoms with Gasteiger partial charge in [0.25, 0.3) is 0 Å². The summed E-state index contributed by atoms with van der Waals surface area (Å²) in [6.45, 7) is 5.00. The molecule has 0 unspecified atom stereocenters. The molecule has 1 aliphatic rings. The highest BCUT2D eigenvalue weighted by atomic mass is 19.4. The second-order valence-electron chi connectivity index (χ2n) is 8.41. The molecule has 1 aliphatic carbocycles. The van der Waals surface area contributed by atoms with Gasteiger partial charge in [0, 0.05) is 5.70 Å². The highest BCUT2D eigenvalue weighted by Crippen LogP contribution is 2.31. The number of hydrogen-bond acceptors (Lipinski definition) is 5. The van der Waals surface area contributed by atoms with Crippen LogP contribution in [0.3, 0.4) is 0 Å². The molecule has 9 heteroatoms. The van der Waals surface area contributed by atoms with E-state index in [-0.39, 0.29) is 5.97 Å². The largest absolute Gasteiger partial charge is 0.463 e. The second kappa shape index (κ2) is 10.3. The first kappa shape index (κ1) is 24.5. The van der Waals surface area contributed by atoms with E-state index in [1.54, 1.807) is 6.92 Å². The monoisotopic (exact) mass is 484 g/mol. The molecule has 35 heavy (non-hydrogen) atoms. The van der Waals surface area contributed by atoms with Gasteiger partial charge in [-0.15, -0.1) is 10.2 Å². The fraction of sp³-hybridized carbons (Fsp3) is 0.346. The fourth-order valence-corrected chi connectivity index (χ4v) is 4.17. The zero-order valence-corrected chi connectivity index (χ0v) is 19.7. The van der Waals surface area contributed by atoms with Crippen molar-refractivity contribution in [3.8, 4) is 11.1 Å². The molecular formula is C26H27F3N4O2. The van der Waals surface area contributed by atoms with Crippen molar-refractivity contribution in [1.29, 1.82) is 0 Å². The van der Waals surface area contributed by atoms with E-state index in [1.165, 1.54) is 12.1 Å². The maximum absolute atomic E-state index is 12.8. The number of aryl methyl sites for hydroxylation is 1. The summed E-state index contributed by atoms with van der Waals surface area (Å²) in [6.07, 6.45) is -1.93. The number of nitrogens with one attached hydrogen (secondary N) is 1. The molecule has 1 heterocycles.